The highest BCUT2D eigenvalue weighted by molar-refractivity contribution is 5.96. The van der Waals surface area contributed by atoms with Gasteiger partial charge in [0.05, 0.1) is 6.17 Å². The zero-order valence-corrected chi connectivity index (χ0v) is 8.85. The fourth-order valence-corrected chi connectivity index (χ4v) is 1.87. The third-order valence-electron chi connectivity index (χ3n) is 2.85. The lowest BCUT2D eigenvalue weighted by molar-refractivity contribution is -0.151. The number of rotatable bonds is 4. The summed E-state index contributed by atoms with van der Waals surface area (Å²) in [5.74, 6) is -3.20. The van der Waals surface area contributed by atoms with Gasteiger partial charge in [0.1, 0.15) is 5.92 Å². The molecule has 1 fully saturated rings. The summed E-state index contributed by atoms with van der Waals surface area (Å²) >= 11 is 0. The van der Waals surface area contributed by atoms with Gasteiger partial charge in [-0.15, -0.1) is 0 Å². The molecule has 0 aromatic heterocycles. The van der Waals surface area contributed by atoms with E-state index in [4.69, 9.17) is 16.0 Å². The van der Waals surface area contributed by atoms with Crippen LogP contribution in [0.15, 0.2) is 0 Å². The van der Waals surface area contributed by atoms with Crippen molar-refractivity contribution in [2.45, 2.75) is 25.4 Å². The Bertz CT molecular complexity index is 263. The molecule has 7 nitrogen and oxygen atoms in total. The van der Waals surface area contributed by atoms with Gasteiger partial charge in [-0.25, -0.2) is 5.48 Å². The lowest BCUT2D eigenvalue weighted by atomic mass is 9.88. The molecule has 0 aliphatic carbocycles. The molecule has 1 amide bonds. The zero-order valence-electron chi connectivity index (χ0n) is 8.85. The molecule has 0 aromatic rings. The molecule has 1 saturated heterocycles. The van der Waals surface area contributed by atoms with E-state index in [0.717, 1.165) is 12.8 Å². The number of carboxylic acids is 1. The van der Waals surface area contributed by atoms with Gasteiger partial charge in [0.25, 0.3) is 5.91 Å². The maximum Gasteiger partial charge on any atom is 0.316 e. The molecule has 0 spiro atoms. The quantitative estimate of drug-likeness (QED) is 0.237. The Hall–Kier alpha value is -1.18. The van der Waals surface area contributed by atoms with Crippen molar-refractivity contribution >= 4 is 11.9 Å². The van der Waals surface area contributed by atoms with Crippen LogP contribution in [0.4, 0.5) is 0 Å². The average Bonchev–Trinajstić information content (AvgIpc) is 2.27. The number of carbonyl (C=O) groups is 2. The number of carbonyl (C=O) groups excluding carboxylic acids is 1. The van der Waals surface area contributed by atoms with E-state index >= 15 is 0 Å². The first kappa shape index (κ1) is 12.9. The number of carboxylic acid groups (broad SMARTS) is 1. The number of aliphatic carboxylic acids is 1. The van der Waals surface area contributed by atoms with Crippen molar-refractivity contribution in [3.05, 3.63) is 0 Å². The highest BCUT2D eigenvalue weighted by Gasteiger charge is 2.30. The van der Waals surface area contributed by atoms with Gasteiger partial charge in [-0.2, -0.15) is 0 Å². The molecule has 7 heteroatoms. The molecule has 0 radical (unpaired) electrons. The van der Waals surface area contributed by atoms with Crippen LogP contribution < -0.4 is 16.5 Å². The number of hydrogen-bond acceptors (Lipinski definition) is 5. The van der Waals surface area contributed by atoms with Crippen molar-refractivity contribution in [2.24, 2.45) is 17.6 Å². The summed E-state index contributed by atoms with van der Waals surface area (Å²) in [6, 6.07) is 0. The fourth-order valence-electron chi connectivity index (χ4n) is 1.87. The van der Waals surface area contributed by atoms with Gasteiger partial charge < -0.3 is 16.2 Å². The molecule has 3 atom stereocenters. The summed E-state index contributed by atoms with van der Waals surface area (Å²) in [4.78, 5) is 21.9. The van der Waals surface area contributed by atoms with Crippen LogP contribution in [0.1, 0.15) is 19.3 Å². The van der Waals surface area contributed by atoms with Crippen molar-refractivity contribution in [3.8, 4) is 0 Å². The molecule has 6 N–H and O–H groups in total. The van der Waals surface area contributed by atoms with Gasteiger partial charge in [-0.05, 0) is 31.7 Å². The van der Waals surface area contributed by atoms with Gasteiger partial charge in [0, 0.05) is 0 Å². The van der Waals surface area contributed by atoms with E-state index in [-0.39, 0.29) is 18.5 Å². The first-order valence-electron chi connectivity index (χ1n) is 5.20. The molecule has 0 bridgehead atoms. The SMILES string of the molecule is NC1CCC(CC(C(=O)O)C(=O)NO)CN1. The molecular formula is C9H17N3O4. The predicted octanol–water partition coefficient (Wildman–Crippen LogP) is -1.13. The Morgan fingerprint density at radius 2 is 2.19 bits per heavy atom. The largest absolute Gasteiger partial charge is 0.481 e. The van der Waals surface area contributed by atoms with Crippen molar-refractivity contribution in [1.82, 2.24) is 10.8 Å². The highest BCUT2D eigenvalue weighted by atomic mass is 16.5. The monoisotopic (exact) mass is 231 g/mol. The molecule has 0 saturated carbocycles. The smallest absolute Gasteiger partial charge is 0.316 e. The van der Waals surface area contributed by atoms with Crippen LogP contribution in [-0.4, -0.2) is 34.9 Å². The van der Waals surface area contributed by atoms with Crippen LogP contribution in [0, 0.1) is 11.8 Å². The van der Waals surface area contributed by atoms with Gasteiger partial charge >= 0.3 is 5.97 Å². The third kappa shape index (κ3) is 3.44. The summed E-state index contributed by atoms with van der Waals surface area (Å²) in [5, 5.41) is 20.3. The topological polar surface area (TPSA) is 125 Å². The molecule has 1 heterocycles. The molecule has 1 aliphatic rings. The molecule has 3 unspecified atom stereocenters. The molecule has 1 rings (SSSR count). The molecule has 16 heavy (non-hydrogen) atoms. The maximum atomic E-state index is 11.1. The highest BCUT2D eigenvalue weighted by Crippen LogP contribution is 2.21. The van der Waals surface area contributed by atoms with Crippen molar-refractivity contribution in [2.75, 3.05) is 6.54 Å². The molecule has 0 aromatic carbocycles. The number of hydroxylamine groups is 1. The second-order valence-corrected chi connectivity index (χ2v) is 4.06. The Labute approximate surface area is 93.0 Å². The summed E-state index contributed by atoms with van der Waals surface area (Å²) in [6.45, 7) is 0.601. The lowest BCUT2D eigenvalue weighted by Crippen LogP contribution is -2.46. The van der Waals surface area contributed by atoms with Crippen LogP contribution in [0.5, 0.6) is 0 Å². The lowest BCUT2D eigenvalue weighted by Gasteiger charge is -2.28. The zero-order chi connectivity index (χ0) is 12.1. The van der Waals surface area contributed by atoms with Crippen molar-refractivity contribution in [3.63, 3.8) is 0 Å². The summed E-state index contributed by atoms with van der Waals surface area (Å²) in [6.07, 6.45) is 1.71. The maximum absolute atomic E-state index is 11.1. The second-order valence-electron chi connectivity index (χ2n) is 4.06. The third-order valence-corrected chi connectivity index (χ3v) is 2.85. The van der Waals surface area contributed by atoms with E-state index < -0.39 is 17.8 Å². The van der Waals surface area contributed by atoms with Crippen LogP contribution >= 0.6 is 0 Å². The van der Waals surface area contributed by atoms with E-state index in [2.05, 4.69) is 5.32 Å². The Balaban J connectivity index is 2.49. The Morgan fingerprint density at radius 1 is 1.50 bits per heavy atom. The van der Waals surface area contributed by atoms with E-state index in [0.29, 0.717) is 6.54 Å². The van der Waals surface area contributed by atoms with Crippen molar-refractivity contribution < 1.29 is 19.9 Å². The van der Waals surface area contributed by atoms with E-state index in [9.17, 15) is 9.59 Å². The van der Waals surface area contributed by atoms with E-state index in [1.54, 1.807) is 0 Å². The minimum Gasteiger partial charge on any atom is -0.481 e. The summed E-state index contributed by atoms with van der Waals surface area (Å²) in [7, 11) is 0. The Morgan fingerprint density at radius 3 is 2.62 bits per heavy atom. The van der Waals surface area contributed by atoms with Crippen LogP contribution in [0.3, 0.4) is 0 Å². The number of piperidine rings is 1. The normalized spacial score (nSPS) is 27.1. The standard InChI is InChI=1S/C9H17N3O4/c10-7-2-1-5(4-11-7)3-6(9(14)15)8(13)12-16/h5-7,11,16H,1-4,10H2,(H,12,13)(H,14,15). The fraction of sp³-hybridized carbons (Fsp3) is 0.778. The second kappa shape index (κ2) is 5.78. The Kier molecular flexibility index (Phi) is 4.66. The number of nitrogens with two attached hydrogens (primary N) is 1. The van der Waals surface area contributed by atoms with Gasteiger partial charge in [-0.1, -0.05) is 0 Å². The number of amides is 1. The molecule has 92 valence electrons. The van der Waals surface area contributed by atoms with Crippen LogP contribution in [0.2, 0.25) is 0 Å². The minimum atomic E-state index is -1.22. The van der Waals surface area contributed by atoms with Gasteiger partial charge in [0.2, 0.25) is 0 Å². The van der Waals surface area contributed by atoms with Gasteiger partial charge in [0.15, 0.2) is 0 Å². The van der Waals surface area contributed by atoms with E-state index in [1.165, 1.54) is 5.48 Å². The summed E-state index contributed by atoms with van der Waals surface area (Å²) < 4.78 is 0. The first-order chi connectivity index (χ1) is 7.54. The molecule has 1 aliphatic heterocycles. The van der Waals surface area contributed by atoms with E-state index in [1.807, 2.05) is 0 Å². The van der Waals surface area contributed by atoms with Gasteiger partial charge in [-0.3, -0.25) is 14.8 Å². The summed E-state index contributed by atoms with van der Waals surface area (Å²) in [5.41, 5.74) is 7.01. The van der Waals surface area contributed by atoms with Crippen molar-refractivity contribution in [1.29, 1.82) is 0 Å². The van der Waals surface area contributed by atoms with Crippen LogP contribution in [0.25, 0.3) is 0 Å². The average molecular weight is 231 g/mol. The number of hydrogen-bond donors (Lipinski definition) is 5. The molecular weight excluding hydrogens is 214 g/mol. The van der Waals surface area contributed by atoms with Crippen LogP contribution in [-0.2, 0) is 9.59 Å². The first-order valence-corrected chi connectivity index (χ1v) is 5.20. The number of nitrogens with one attached hydrogen (secondary N) is 2. The minimum absolute atomic E-state index is 0.0498. The predicted molar refractivity (Wildman–Crippen MR) is 54.4 cm³/mol.